The minimum Gasteiger partial charge on any atom is -0.435 e. The van der Waals surface area contributed by atoms with Gasteiger partial charge in [-0.25, -0.2) is 0 Å². The average Bonchev–Trinajstić information content (AvgIpc) is 2.07. The Labute approximate surface area is 85.2 Å². The van der Waals surface area contributed by atoms with Crippen LogP contribution in [0.1, 0.15) is 32.6 Å². The van der Waals surface area contributed by atoms with Crippen LogP contribution in [0.4, 0.5) is 0 Å². The number of carbonyl (C=O) groups excluding carboxylic acids is 1. The van der Waals surface area contributed by atoms with Crippen LogP contribution in [0.25, 0.3) is 0 Å². The molecule has 0 aliphatic rings. The van der Waals surface area contributed by atoms with E-state index in [1.54, 1.807) is 0 Å². The topological polar surface area (TPSA) is 26.3 Å². The van der Waals surface area contributed by atoms with Gasteiger partial charge in [0.2, 0.25) is 0 Å². The van der Waals surface area contributed by atoms with E-state index in [9.17, 15) is 4.79 Å². The highest BCUT2D eigenvalue weighted by atomic mass is 35.5. The maximum absolute atomic E-state index is 10.6. The molecule has 0 aromatic rings. The van der Waals surface area contributed by atoms with Crippen molar-refractivity contribution in [2.75, 3.05) is 0 Å². The second kappa shape index (κ2) is 13.8. The lowest BCUT2D eigenvalue weighted by molar-refractivity contribution is -0.138. The van der Waals surface area contributed by atoms with Crippen LogP contribution in [0.3, 0.4) is 0 Å². The van der Waals surface area contributed by atoms with Gasteiger partial charge in [-0.15, -0.1) is 0 Å². The molecule has 0 rings (SSSR count). The Hall–Kier alpha value is -0.760. The average molecular weight is 205 g/mol. The third-order valence-electron chi connectivity index (χ3n) is 1.20. The highest BCUT2D eigenvalue weighted by molar-refractivity contribution is 6.25. The maximum atomic E-state index is 10.6. The molecule has 0 saturated heterocycles. The molecule has 3 heteroatoms. The van der Waals surface area contributed by atoms with Gasteiger partial charge >= 0.3 is 5.97 Å². The van der Waals surface area contributed by atoms with E-state index in [1.165, 1.54) is 11.8 Å². The summed E-state index contributed by atoms with van der Waals surface area (Å²) in [4.78, 5) is 10.6. The fourth-order valence-corrected chi connectivity index (χ4v) is 0.671. The Morgan fingerprint density at radius 3 is 2.38 bits per heavy atom. The number of esters is 1. The lowest BCUT2D eigenvalue weighted by atomic mass is 10.2. The molecular weight excluding hydrogens is 188 g/mol. The van der Waals surface area contributed by atoms with Crippen molar-refractivity contribution < 1.29 is 9.53 Å². The number of unbranched alkanes of at least 4 members (excludes halogenated alkanes) is 2. The monoisotopic (exact) mass is 204 g/mol. The first-order valence-electron chi connectivity index (χ1n) is 4.24. The van der Waals surface area contributed by atoms with Gasteiger partial charge in [-0.05, 0) is 12.0 Å². The van der Waals surface area contributed by atoms with Crippen molar-refractivity contribution in [3.63, 3.8) is 0 Å². The quantitative estimate of drug-likeness (QED) is 0.389. The molecular formula is C10H17ClO2. The molecule has 0 fully saturated rings. The summed E-state index contributed by atoms with van der Waals surface area (Å²) in [5.74, 6) is -0.177. The summed E-state index contributed by atoms with van der Waals surface area (Å²) in [7, 11) is 0. The van der Waals surface area contributed by atoms with Crippen LogP contribution >= 0.6 is 11.6 Å². The smallest absolute Gasteiger partial charge is 0.310 e. The molecule has 0 heterocycles. The van der Waals surface area contributed by atoms with Crippen LogP contribution < -0.4 is 0 Å². The lowest BCUT2D eigenvalue weighted by Gasteiger charge is -1.96. The number of hydrogen-bond donors (Lipinski definition) is 0. The molecule has 0 bridgehead atoms. The van der Waals surface area contributed by atoms with E-state index >= 15 is 0 Å². The van der Waals surface area contributed by atoms with E-state index in [2.05, 4.69) is 24.8 Å². The lowest BCUT2D eigenvalue weighted by Crippen LogP contribution is -1.97. The summed E-state index contributed by atoms with van der Waals surface area (Å²) in [6.45, 7) is 8.51. The molecule has 13 heavy (non-hydrogen) atoms. The molecule has 0 unspecified atom stereocenters. The zero-order chi connectivity index (χ0) is 10.5. The summed E-state index contributed by atoms with van der Waals surface area (Å²) in [5.41, 5.74) is 1.22. The molecule has 0 aromatic heterocycles. The van der Waals surface area contributed by atoms with Crippen molar-refractivity contribution in [1.82, 2.24) is 0 Å². The molecule has 0 aliphatic carbocycles. The van der Waals surface area contributed by atoms with E-state index in [-0.39, 0.29) is 5.97 Å². The fraction of sp³-hybridized carbons (Fsp3) is 0.500. The Balaban J connectivity index is 0. The SMILES string of the molecule is C=CCl.C=COC(=O)CCCCC. The minimum atomic E-state index is -0.177. The number of rotatable bonds is 5. The van der Waals surface area contributed by atoms with E-state index in [0.717, 1.165) is 19.3 Å². The summed E-state index contributed by atoms with van der Waals surface area (Å²) in [6.07, 6.45) is 4.82. The van der Waals surface area contributed by atoms with E-state index in [4.69, 9.17) is 11.6 Å². The predicted molar refractivity (Wildman–Crippen MR) is 56.5 cm³/mol. The van der Waals surface area contributed by atoms with E-state index in [1.807, 2.05) is 0 Å². The first-order chi connectivity index (χ1) is 6.22. The molecule has 0 spiro atoms. The predicted octanol–water partition coefficient (Wildman–Crippen LogP) is 3.62. The van der Waals surface area contributed by atoms with Crippen molar-refractivity contribution >= 4 is 17.6 Å². The molecule has 2 nitrogen and oxygen atoms in total. The highest BCUT2D eigenvalue weighted by Crippen LogP contribution is 1.99. The molecule has 0 radical (unpaired) electrons. The zero-order valence-electron chi connectivity index (χ0n) is 8.09. The summed E-state index contributed by atoms with van der Waals surface area (Å²) in [6, 6.07) is 0. The molecule has 0 aliphatic heterocycles. The fourth-order valence-electron chi connectivity index (χ4n) is 0.671. The molecule has 0 atom stereocenters. The Morgan fingerprint density at radius 1 is 1.46 bits per heavy atom. The molecule has 0 aromatic carbocycles. The molecule has 0 saturated carbocycles. The second-order valence-corrected chi connectivity index (χ2v) is 2.58. The van der Waals surface area contributed by atoms with Crippen LogP contribution in [0.5, 0.6) is 0 Å². The van der Waals surface area contributed by atoms with Gasteiger partial charge in [0.05, 0.1) is 6.26 Å². The van der Waals surface area contributed by atoms with E-state index in [0.29, 0.717) is 6.42 Å². The Morgan fingerprint density at radius 2 is 2.00 bits per heavy atom. The third-order valence-corrected chi connectivity index (χ3v) is 1.20. The van der Waals surface area contributed by atoms with Crippen LogP contribution in [-0.4, -0.2) is 5.97 Å². The normalized spacial score (nSPS) is 7.85. The van der Waals surface area contributed by atoms with Gasteiger partial charge in [0.1, 0.15) is 0 Å². The molecule has 76 valence electrons. The van der Waals surface area contributed by atoms with Gasteiger partial charge in [0.25, 0.3) is 0 Å². The van der Waals surface area contributed by atoms with Crippen LogP contribution in [0.2, 0.25) is 0 Å². The van der Waals surface area contributed by atoms with Crippen LogP contribution in [0.15, 0.2) is 25.0 Å². The highest BCUT2D eigenvalue weighted by Gasteiger charge is 1.97. The number of halogens is 1. The maximum Gasteiger partial charge on any atom is 0.310 e. The van der Waals surface area contributed by atoms with Crippen LogP contribution in [0, 0.1) is 0 Å². The summed E-state index contributed by atoms with van der Waals surface area (Å²) in [5, 5.41) is 0. The summed E-state index contributed by atoms with van der Waals surface area (Å²) < 4.78 is 4.51. The first kappa shape index (κ1) is 14.7. The van der Waals surface area contributed by atoms with Crippen molar-refractivity contribution in [2.45, 2.75) is 32.6 Å². The van der Waals surface area contributed by atoms with Gasteiger partial charge in [0.15, 0.2) is 0 Å². The summed E-state index contributed by atoms with van der Waals surface area (Å²) >= 11 is 4.76. The minimum absolute atomic E-state index is 0.177. The Kier molecular flexibility index (Phi) is 15.7. The number of ether oxygens (including phenoxy) is 1. The van der Waals surface area contributed by atoms with Gasteiger partial charge < -0.3 is 4.74 Å². The zero-order valence-corrected chi connectivity index (χ0v) is 8.85. The van der Waals surface area contributed by atoms with Gasteiger partial charge in [-0.2, -0.15) is 0 Å². The molecule has 0 N–H and O–H groups in total. The number of hydrogen-bond acceptors (Lipinski definition) is 2. The number of carbonyl (C=O) groups is 1. The van der Waals surface area contributed by atoms with Crippen molar-refractivity contribution in [3.05, 3.63) is 25.0 Å². The third kappa shape index (κ3) is 18.3. The van der Waals surface area contributed by atoms with Gasteiger partial charge in [-0.3, -0.25) is 4.79 Å². The van der Waals surface area contributed by atoms with Gasteiger partial charge in [-0.1, -0.05) is 44.5 Å². The van der Waals surface area contributed by atoms with Crippen molar-refractivity contribution in [2.24, 2.45) is 0 Å². The molecule has 0 amide bonds. The van der Waals surface area contributed by atoms with Crippen molar-refractivity contribution in [1.29, 1.82) is 0 Å². The van der Waals surface area contributed by atoms with Gasteiger partial charge in [0, 0.05) is 6.42 Å². The first-order valence-corrected chi connectivity index (χ1v) is 4.68. The van der Waals surface area contributed by atoms with Crippen LogP contribution in [-0.2, 0) is 9.53 Å². The standard InChI is InChI=1S/C8H14O2.C2H3Cl/c1-3-5-6-7-8(9)10-4-2;1-2-3/h4H,2-3,5-7H2,1H3;2H,1H2. The van der Waals surface area contributed by atoms with E-state index < -0.39 is 0 Å². The second-order valence-electron chi connectivity index (χ2n) is 2.27. The Bertz CT molecular complexity index is 144. The van der Waals surface area contributed by atoms with Crippen molar-refractivity contribution in [3.8, 4) is 0 Å². The largest absolute Gasteiger partial charge is 0.435 e.